The van der Waals surface area contributed by atoms with Crippen molar-refractivity contribution in [3.8, 4) is 5.75 Å². The van der Waals surface area contributed by atoms with Gasteiger partial charge in [0.1, 0.15) is 11.4 Å². The molecule has 0 unspecified atom stereocenters. The zero-order valence-corrected chi connectivity index (χ0v) is 12.7. The Balaban J connectivity index is 2.82. The van der Waals surface area contributed by atoms with Crippen molar-refractivity contribution >= 4 is 17.3 Å². The van der Waals surface area contributed by atoms with Crippen molar-refractivity contribution in [3.63, 3.8) is 0 Å². The van der Waals surface area contributed by atoms with Gasteiger partial charge in [-0.2, -0.15) is 0 Å². The first kappa shape index (κ1) is 16.9. The summed E-state index contributed by atoms with van der Waals surface area (Å²) in [5, 5.41) is 16.6. The molecule has 0 spiro atoms. The number of nitrogens with one attached hydrogen (secondary N) is 2. The summed E-state index contributed by atoms with van der Waals surface area (Å²) in [5.41, 5.74) is -0.239. The van der Waals surface area contributed by atoms with Gasteiger partial charge in [0.05, 0.1) is 24.1 Å². The molecule has 1 aromatic rings. The number of nitro benzene ring substituents is 1. The van der Waals surface area contributed by atoms with Crippen molar-refractivity contribution in [1.29, 1.82) is 0 Å². The summed E-state index contributed by atoms with van der Waals surface area (Å²) in [6.45, 7) is 8.07. The first-order chi connectivity index (χ1) is 9.73. The van der Waals surface area contributed by atoms with Gasteiger partial charge in [0.25, 0.3) is 5.69 Å². The van der Waals surface area contributed by atoms with E-state index in [1.54, 1.807) is 13.0 Å². The van der Waals surface area contributed by atoms with Gasteiger partial charge in [-0.1, -0.05) is 0 Å². The molecule has 0 atom stereocenters. The van der Waals surface area contributed by atoms with E-state index in [0.29, 0.717) is 12.4 Å². The molecule has 7 heteroatoms. The lowest BCUT2D eigenvalue weighted by Gasteiger charge is -2.20. The predicted octanol–water partition coefficient (Wildman–Crippen LogP) is 2.32. The highest BCUT2D eigenvalue weighted by atomic mass is 16.6. The van der Waals surface area contributed by atoms with Crippen LogP contribution in [-0.2, 0) is 4.79 Å². The van der Waals surface area contributed by atoms with Crippen LogP contribution in [0.4, 0.5) is 11.4 Å². The van der Waals surface area contributed by atoms with E-state index in [-0.39, 0.29) is 29.4 Å². The molecule has 0 aliphatic carbocycles. The SMILES string of the molecule is CCOc1ccc(NC(=O)CNC(C)(C)C)c([N+](=O)[O-])c1. The van der Waals surface area contributed by atoms with Gasteiger partial charge in [0.2, 0.25) is 5.91 Å². The highest BCUT2D eigenvalue weighted by Crippen LogP contribution is 2.29. The molecule has 0 saturated heterocycles. The van der Waals surface area contributed by atoms with Crippen molar-refractivity contribution in [2.75, 3.05) is 18.5 Å². The lowest BCUT2D eigenvalue weighted by atomic mass is 10.1. The number of nitro groups is 1. The number of nitrogens with zero attached hydrogens (tertiary/aromatic N) is 1. The van der Waals surface area contributed by atoms with Crippen LogP contribution in [0.5, 0.6) is 5.75 Å². The average molecular weight is 295 g/mol. The minimum atomic E-state index is -0.546. The second kappa shape index (κ2) is 7.03. The van der Waals surface area contributed by atoms with Crippen molar-refractivity contribution in [1.82, 2.24) is 5.32 Å². The molecule has 0 aliphatic heterocycles. The number of rotatable bonds is 6. The van der Waals surface area contributed by atoms with Gasteiger partial charge in [-0.25, -0.2) is 0 Å². The summed E-state index contributed by atoms with van der Waals surface area (Å²) in [7, 11) is 0. The van der Waals surface area contributed by atoms with Gasteiger partial charge in [-0.05, 0) is 39.8 Å². The van der Waals surface area contributed by atoms with Gasteiger partial charge >= 0.3 is 0 Å². The van der Waals surface area contributed by atoms with Crippen LogP contribution in [0.15, 0.2) is 18.2 Å². The third-order valence-electron chi connectivity index (χ3n) is 2.53. The molecule has 0 radical (unpaired) electrons. The second-order valence-electron chi connectivity index (χ2n) is 5.52. The van der Waals surface area contributed by atoms with Gasteiger partial charge in [-0.15, -0.1) is 0 Å². The molecule has 0 fully saturated rings. The molecule has 7 nitrogen and oxygen atoms in total. The van der Waals surface area contributed by atoms with E-state index in [0.717, 1.165) is 0 Å². The van der Waals surface area contributed by atoms with Crippen LogP contribution in [0.1, 0.15) is 27.7 Å². The molecule has 0 bridgehead atoms. The van der Waals surface area contributed by atoms with E-state index in [2.05, 4.69) is 10.6 Å². The minimum Gasteiger partial charge on any atom is -0.494 e. The smallest absolute Gasteiger partial charge is 0.296 e. The zero-order valence-electron chi connectivity index (χ0n) is 12.7. The molecule has 0 heterocycles. The van der Waals surface area contributed by atoms with E-state index in [9.17, 15) is 14.9 Å². The third kappa shape index (κ3) is 5.78. The van der Waals surface area contributed by atoms with Crippen molar-refractivity contribution < 1.29 is 14.5 Å². The maximum atomic E-state index is 11.8. The molecule has 21 heavy (non-hydrogen) atoms. The Morgan fingerprint density at radius 2 is 2.05 bits per heavy atom. The predicted molar refractivity (Wildman–Crippen MR) is 80.7 cm³/mol. The molecular weight excluding hydrogens is 274 g/mol. The zero-order chi connectivity index (χ0) is 16.0. The van der Waals surface area contributed by atoms with Crippen molar-refractivity contribution in [2.45, 2.75) is 33.2 Å². The number of amides is 1. The van der Waals surface area contributed by atoms with Gasteiger partial charge < -0.3 is 15.4 Å². The molecule has 1 rings (SSSR count). The topological polar surface area (TPSA) is 93.5 Å². The maximum absolute atomic E-state index is 11.8. The van der Waals surface area contributed by atoms with Crippen LogP contribution < -0.4 is 15.4 Å². The summed E-state index contributed by atoms with van der Waals surface area (Å²) in [6.07, 6.45) is 0. The van der Waals surface area contributed by atoms with Gasteiger partial charge in [-0.3, -0.25) is 14.9 Å². The first-order valence-corrected chi connectivity index (χ1v) is 6.69. The summed E-state index contributed by atoms with van der Waals surface area (Å²) < 4.78 is 5.22. The monoisotopic (exact) mass is 295 g/mol. The van der Waals surface area contributed by atoms with Crippen LogP contribution >= 0.6 is 0 Å². The Morgan fingerprint density at radius 1 is 1.38 bits per heavy atom. The van der Waals surface area contributed by atoms with E-state index in [1.807, 2.05) is 20.8 Å². The first-order valence-electron chi connectivity index (χ1n) is 6.69. The molecule has 0 aliphatic rings. The molecule has 1 aromatic carbocycles. The van der Waals surface area contributed by atoms with Crippen LogP contribution in [-0.4, -0.2) is 29.5 Å². The number of carbonyl (C=O) groups is 1. The Kier molecular flexibility index (Phi) is 5.66. The second-order valence-corrected chi connectivity index (χ2v) is 5.52. The summed E-state index contributed by atoms with van der Waals surface area (Å²) in [6, 6.07) is 4.36. The van der Waals surface area contributed by atoms with Crippen molar-refractivity contribution in [3.05, 3.63) is 28.3 Å². The van der Waals surface area contributed by atoms with Crippen molar-refractivity contribution in [2.24, 2.45) is 0 Å². The largest absolute Gasteiger partial charge is 0.494 e. The molecule has 0 aromatic heterocycles. The fourth-order valence-electron chi connectivity index (χ4n) is 1.56. The Hall–Kier alpha value is -2.15. The average Bonchev–Trinajstić information content (AvgIpc) is 2.37. The minimum absolute atomic E-state index is 0.0772. The Labute approximate surface area is 123 Å². The number of benzene rings is 1. The Morgan fingerprint density at radius 3 is 2.57 bits per heavy atom. The molecular formula is C14H21N3O4. The molecule has 116 valence electrons. The molecule has 1 amide bonds. The van der Waals surface area contributed by atoms with Crippen LogP contribution in [0, 0.1) is 10.1 Å². The summed E-state index contributed by atoms with van der Waals surface area (Å²) in [4.78, 5) is 22.3. The summed E-state index contributed by atoms with van der Waals surface area (Å²) >= 11 is 0. The maximum Gasteiger partial charge on any atom is 0.296 e. The summed E-state index contributed by atoms with van der Waals surface area (Å²) in [5.74, 6) is 0.0622. The van der Waals surface area contributed by atoms with E-state index in [4.69, 9.17) is 4.74 Å². The number of anilines is 1. The van der Waals surface area contributed by atoms with Gasteiger partial charge in [0, 0.05) is 5.54 Å². The fourth-order valence-corrected chi connectivity index (χ4v) is 1.56. The lowest BCUT2D eigenvalue weighted by molar-refractivity contribution is -0.384. The highest BCUT2D eigenvalue weighted by Gasteiger charge is 2.18. The van der Waals surface area contributed by atoms with Gasteiger partial charge in [0.15, 0.2) is 0 Å². The highest BCUT2D eigenvalue weighted by molar-refractivity contribution is 5.94. The normalized spacial score (nSPS) is 11.0. The number of hydrogen-bond donors (Lipinski definition) is 2. The Bertz CT molecular complexity index is 523. The van der Waals surface area contributed by atoms with Crippen LogP contribution in [0.3, 0.4) is 0 Å². The molecule has 2 N–H and O–H groups in total. The standard InChI is InChI=1S/C14H21N3O4/c1-5-21-10-6-7-11(12(8-10)17(19)20)16-13(18)9-15-14(2,3)4/h6-8,15H,5,9H2,1-4H3,(H,16,18). The number of hydrogen-bond acceptors (Lipinski definition) is 5. The fraction of sp³-hybridized carbons (Fsp3) is 0.500. The van der Waals surface area contributed by atoms with E-state index >= 15 is 0 Å². The molecule has 0 saturated carbocycles. The van der Waals surface area contributed by atoms with Crippen LogP contribution in [0.25, 0.3) is 0 Å². The number of ether oxygens (including phenoxy) is 1. The number of carbonyl (C=O) groups excluding carboxylic acids is 1. The quantitative estimate of drug-likeness (QED) is 0.620. The lowest BCUT2D eigenvalue weighted by Crippen LogP contribution is -2.41. The van der Waals surface area contributed by atoms with E-state index < -0.39 is 4.92 Å². The van der Waals surface area contributed by atoms with Crippen LogP contribution in [0.2, 0.25) is 0 Å². The third-order valence-corrected chi connectivity index (χ3v) is 2.53. The van der Waals surface area contributed by atoms with E-state index in [1.165, 1.54) is 12.1 Å².